The van der Waals surface area contributed by atoms with E-state index in [1.807, 2.05) is 12.1 Å². The van der Waals surface area contributed by atoms with Crippen LogP contribution in [-0.2, 0) is 17.8 Å². The van der Waals surface area contributed by atoms with Gasteiger partial charge in [-0.3, -0.25) is 14.7 Å². The number of aromatic nitrogens is 1. The molecule has 2 aromatic carbocycles. The second-order valence-electron chi connectivity index (χ2n) is 7.20. The predicted octanol–water partition coefficient (Wildman–Crippen LogP) is 4.75. The van der Waals surface area contributed by atoms with Crippen LogP contribution in [0.1, 0.15) is 24.6 Å². The van der Waals surface area contributed by atoms with Crippen molar-refractivity contribution in [2.45, 2.75) is 26.3 Å². The van der Waals surface area contributed by atoms with Crippen LogP contribution >= 0.6 is 0 Å². The quantitative estimate of drug-likeness (QED) is 0.661. The van der Waals surface area contributed by atoms with Crippen LogP contribution in [0.5, 0.6) is 0 Å². The van der Waals surface area contributed by atoms with Gasteiger partial charge in [0.25, 0.3) is 0 Å². The molecule has 3 nitrogen and oxygen atoms in total. The maximum absolute atomic E-state index is 11.3. The van der Waals surface area contributed by atoms with Gasteiger partial charge >= 0.3 is 0 Å². The Hall–Kier alpha value is -2.78. The van der Waals surface area contributed by atoms with Crippen molar-refractivity contribution in [3.63, 3.8) is 0 Å². The first-order valence-electron chi connectivity index (χ1n) is 9.56. The first kappa shape index (κ1) is 17.6. The highest BCUT2D eigenvalue weighted by molar-refractivity contribution is 5.81. The van der Waals surface area contributed by atoms with Crippen LogP contribution in [0.25, 0.3) is 22.4 Å². The molecule has 0 N–H and O–H groups in total. The third kappa shape index (κ3) is 3.99. The molecule has 3 heteroatoms. The van der Waals surface area contributed by atoms with Gasteiger partial charge in [-0.1, -0.05) is 60.7 Å². The lowest BCUT2D eigenvalue weighted by Gasteiger charge is -2.29. The third-order valence-corrected chi connectivity index (χ3v) is 5.16. The van der Waals surface area contributed by atoms with E-state index in [9.17, 15) is 4.79 Å². The Morgan fingerprint density at radius 3 is 2.33 bits per heavy atom. The molecule has 4 rings (SSSR count). The second kappa shape index (κ2) is 7.85. The molecule has 1 aliphatic heterocycles. The van der Waals surface area contributed by atoms with Crippen molar-refractivity contribution in [2.24, 2.45) is 0 Å². The standard InChI is InChI=1S/C24H24N2O/c1-18(27)12-14-26-15-13-23-21(17-26)16-22(19-8-4-2-5-9-19)24(25-23)20-10-6-3-7-11-20/h2-11,16H,12-15,17H2,1H3. The van der Waals surface area contributed by atoms with Crippen LogP contribution in [0, 0.1) is 0 Å². The molecule has 0 bridgehead atoms. The highest BCUT2D eigenvalue weighted by Crippen LogP contribution is 2.34. The number of pyridine rings is 1. The average molecular weight is 356 g/mol. The van der Waals surface area contributed by atoms with Gasteiger partial charge in [-0.15, -0.1) is 0 Å². The van der Waals surface area contributed by atoms with Crippen LogP contribution in [0.4, 0.5) is 0 Å². The molecule has 2 heterocycles. The van der Waals surface area contributed by atoms with Gasteiger partial charge in [-0.25, -0.2) is 0 Å². The number of carbonyl (C=O) groups excluding carboxylic acids is 1. The van der Waals surface area contributed by atoms with E-state index < -0.39 is 0 Å². The summed E-state index contributed by atoms with van der Waals surface area (Å²) in [5.41, 5.74) is 7.04. The summed E-state index contributed by atoms with van der Waals surface area (Å²) in [4.78, 5) is 18.8. The first-order chi connectivity index (χ1) is 13.2. The molecule has 0 atom stereocenters. The number of hydrogen-bond acceptors (Lipinski definition) is 3. The van der Waals surface area contributed by atoms with E-state index in [0.717, 1.165) is 37.3 Å². The van der Waals surface area contributed by atoms with Crippen molar-refractivity contribution in [3.8, 4) is 22.4 Å². The van der Waals surface area contributed by atoms with Crippen LogP contribution in [0.3, 0.4) is 0 Å². The van der Waals surface area contributed by atoms with Gasteiger partial charge in [0.2, 0.25) is 0 Å². The SMILES string of the molecule is CC(=O)CCN1CCc2nc(-c3ccccc3)c(-c3ccccc3)cc2C1. The Morgan fingerprint density at radius 1 is 1.00 bits per heavy atom. The zero-order valence-electron chi connectivity index (χ0n) is 15.7. The van der Waals surface area contributed by atoms with Crippen molar-refractivity contribution in [3.05, 3.63) is 78.0 Å². The first-order valence-corrected chi connectivity index (χ1v) is 9.56. The van der Waals surface area contributed by atoms with Crippen LogP contribution in [0.2, 0.25) is 0 Å². The molecule has 3 aromatic rings. The Labute approximate surface area is 160 Å². The predicted molar refractivity (Wildman–Crippen MR) is 109 cm³/mol. The maximum atomic E-state index is 11.3. The Bertz CT molecular complexity index is 935. The lowest BCUT2D eigenvalue weighted by Crippen LogP contribution is -2.32. The summed E-state index contributed by atoms with van der Waals surface area (Å²) >= 11 is 0. The summed E-state index contributed by atoms with van der Waals surface area (Å²) in [6.07, 6.45) is 1.55. The molecular weight excluding hydrogens is 332 g/mol. The van der Waals surface area contributed by atoms with Gasteiger partial charge in [0.15, 0.2) is 0 Å². The number of fused-ring (bicyclic) bond motifs is 1. The van der Waals surface area contributed by atoms with Gasteiger partial charge < -0.3 is 0 Å². The number of hydrogen-bond donors (Lipinski definition) is 0. The van der Waals surface area contributed by atoms with E-state index in [1.165, 1.54) is 22.4 Å². The van der Waals surface area contributed by atoms with Crippen LogP contribution in [0.15, 0.2) is 66.7 Å². The van der Waals surface area contributed by atoms with Crippen molar-refractivity contribution >= 4 is 5.78 Å². The van der Waals surface area contributed by atoms with Crippen molar-refractivity contribution in [2.75, 3.05) is 13.1 Å². The number of Topliss-reactive ketones (excluding diaryl/α,β-unsaturated/α-hetero) is 1. The second-order valence-corrected chi connectivity index (χ2v) is 7.20. The summed E-state index contributed by atoms with van der Waals surface area (Å²) in [7, 11) is 0. The number of rotatable bonds is 5. The maximum Gasteiger partial charge on any atom is 0.131 e. The zero-order valence-corrected chi connectivity index (χ0v) is 15.7. The normalized spacial score (nSPS) is 14.0. The molecule has 0 saturated carbocycles. The Morgan fingerprint density at radius 2 is 1.67 bits per heavy atom. The largest absolute Gasteiger partial charge is 0.300 e. The van der Waals surface area contributed by atoms with Gasteiger partial charge in [0, 0.05) is 49.3 Å². The summed E-state index contributed by atoms with van der Waals surface area (Å²) in [6.45, 7) is 4.33. The fraction of sp³-hybridized carbons (Fsp3) is 0.250. The van der Waals surface area contributed by atoms with Crippen molar-refractivity contribution in [1.29, 1.82) is 0 Å². The molecule has 0 fully saturated rings. The lowest BCUT2D eigenvalue weighted by molar-refractivity contribution is -0.117. The lowest BCUT2D eigenvalue weighted by atomic mass is 9.94. The third-order valence-electron chi connectivity index (χ3n) is 5.16. The van der Waals surface area contributed by atoms with Crippen molar-refractivity contribution < 1.29 is 4.79 Å². The van der Waals surface area contributed by atoms with Gasteiger partial charge in [-0.05, 0) is 24.1 Å². The minimum absolute atomic E-state index is 0.253. The van der Waals surface area contributed by atoms with E-state index in [0.29, 0.717) is 6.42 Å². The molecule has 0 aliphatic carbocycles. The summed E-state index contributed by atoms with van der Waals surface area (Å²) < 4.78 is 0. The fourth-order valence-corrected chi connectivity index (χ4v) is 3.69. The fourth-order valence-electron chi connectivity index (χ4n) is 3.69. The minimum Gasteiger partial charge on any atom is -0.300 e. The molecule has 0 saturated heterocycles. The number of benzene rings is 2. The molecule has 0 spiro atoms. The molecule has 1 aromatic heterocycles. The number of carbonyl (C=O) groups is 1. The topological polar surface area (TPSA) is 33.2 Å². The van der Waals surface area contributed by atoms with Crippen LogP contribution < -0.4 is 0 Å². The number of nitrogens with zero attached hydrogens (tertiary/aromatic N) is 2. The van der Waals surface area contributed by atoms with Crippen LogP contribution in [-0.4, -0.2) is 28.8 Å². The molecule has 136 valence electrons. The molecule has 0 radical (unpaired) electrons. The zero-order chi connectivity index (χ0) is 18.6. The van der Waals surface area contributed by atoms with Crippen molar-refractivity contribution in [1.82, 2.24) is 9.88 Å². The average Bonchev–Trinajstić information content (AvgIpc) is 2.72. The van der Waals surface area contributed by atoms with E-state index >= 15 is 0 Å². The smallest absolute Gasteiger partial charge is 0.131 e. The molecule has 0 amide bonds. The number of ketones is 1. The summed E-state index contributed by atoms with van der Waals surface area (Å²) in [5.74, 6) is 0.253. The minimum atomic E-state index is 0.253. The van der Waals surface area contributed by atoms with Gasteiger partial charge in [-0.2, -0.15) is 0 Å². The van der Waals surface area contributed by atoms with Gasteiger partial charge in [0.05, 0.1) is 5.69 Å². The van der Waals surface area contributed by atoms with E-state index in [4.69, 9.17) is 4.98 Å². The molecule has 27 heavy (non-hydrogen) atoms. The highest BCUT2D eigenvalue weighted by Gasteiger charge is 2.21. The summed E-state index contributed by atoms with van der Waals surface area (Å²) in [5, 5.41) is 0. The van der Waals surface area contributed by atoms with Gasteiger partial charge in [0.1, 0.15) is 5.78 Å². The Kier molecular flexibility index (Phi) is 5.12. The van der Waals surface area contributed by atoms with E-state index in [2.05, 4.69) is 59.5 Å². The van der Waals surface area contributed by atoms with E-state index in [-0.39, 0.29) is 5.78 Å². The summed E-state index contributed by atoms with van der Waals surface area (Å²) in [6, 6.07) is 23.2. The molecule has 1 aliphatic rings. The highest BCUT2D eigenvalue weighted by atomic mass is 16.1. The monoisotopic (exact) mass is 356 g/mol. The van der Waals surface area contributed by atoms with E-state index in [1.54, 1.807) is 6.92 Å². The molecular formula is C24H24N2O. The Balaban J connectivity index is 1.75. The molecule has 0 unspecified atom stereocenters.